The first kappa shape index (κ1) is 14.5. The summed E-state index contributed by atoms with van der Waals surface area (Å²) < 4.78 is 4.99. The summed E-state index contributed by atoms with van der Waals surface area (Å²) in [5, 5.41) is 0. The van der Waals surface area contributed by atoms with Crippen molar-refractivity contribution in [2.75, 3.05) is 7.11 Å². The molecular weight excluding hydrogens is 276 g/mol. The van der Waals surface area contributed by atoms with Gasteiger partial charge in [0.25, 0.3) is 6.02 Å². The number of aromatic nitrogens is 2. The van der Waals surface area contributed by atoms with Crippen molar-refractivity contribution in [1.82, 2.24) is 9.97 Å². The van der Waals surface area contributed by atoms with Gasteiger partial charge < -0.3 is 10.5 Å². The average molecular weight is 296 g/mol. The number of hydrogen-bond donors (Lipinski definition) is 1. The van der Waals surface area contributed by atoms with Crippen LogP contribution in [0.2, 0.25) is 0 Å². The Balaban J connectivity index is 1.95. The van der Waals surface area contributed by atoms with Crippen LogP contribution in [0.4, 0.5) is 0 Å². The molecule has 22 heavy (non-hydrogen) atoms. The van der Waals surface area contributed by atoms with E-state index in [1.165, 1.54) is 16.7 Å². The van der Waals surface area contributed by atoms with E-state index in [0.29, 0.717) is 0 Å². The number of methoxy groups -OCH3 is 1. The molecule has 1 unspecified atom stereocenters. The van der Waals surface area contributed by atoms with E-state index in [0.717, 1.165) is 31.2 Å². The standard InChI is InChI=1S/C17H20N4O/c1-22-17(18)21-14-5-3-7-15-12(8-14)4-2-6-16(15)13-9-19-11-20-10-13/h2,4,6,9-11,14H,3,5,7-8H2,1H3,(H2,18,21). The molecule has 114 valence electrons. The molecule has 5 heteroatoms. The molecule has 0 bridgehead atoms. The third kappa shape index (κ3) is 3.08. The maximum Gasteiger partial charge on any atom is 0.281 e. The summed E-state index contributed by atoms with van der Waals surface area (Å²) >= 11 is 0. The predicted molar refractivity (Wildman–Crippen MR) is 86.5 cm³/mol. The number of benzene rings is 1. The summed E-state index contributed by atoms with van der Waals surface area (Å²) in [4.78, 5) is 12.7. The predicted octanol–water partition coefficient (Wildman–Crippen LogP) is 2.35. The fourth-order valence-corrected chi connectivity index (χ4v) is 3.04. The van der Waals surface area contributed by atoms with Crippen LogP contribution in [0.15, 0.2) is 41.9 Å². The first-order valence-corrected chi connectivity index (χ1v) is 7.51. The van der Waals surface area contributed by atoms with E-state index in [9.17, 15) is 0 Å². The van der Waals surface area contributed by atoms with Crippen LogP contribution in [0.3, 0.4) is 0 Å². The fraction of sp³-hybridized carbons (Fsp3) is 0.353. The van der Waals surface area contributed by atoms with Gasteiger partial charge in [0.2, 0.25) is 0 Å². The summed E-state index contributed by atoms with van der Waals surface area (Å²) in [6.45, 7) is 0. The van der Waals surface area contributed by atoms with Crippen LogP contribution in [-0.4, -0.2) is 29.1 Å². The van der Waals surface area contributed by atoms with Gasteiger partial charge in [0, 0.05) is 18.0 Å². The highest BCUT2D eigenvalue weighted by atomic mass is 16.5. The Hall–Kier alpha value is -2.43. The number of fused-ring (bicyclic) bond motifs is 1. The summed E-state index contributed by atoms with van der Waals surface area (Å²) in [7, 11) is 1.55. The molecule has 0 fully saturated rings. The van der Waals surface area contributed by atoms with Crippen LogP contribution in [0, 0.1) is 0 Å². The molecule has 0 radical (unpaired) electrons. The second kappa shape index (κ2) is 6.56. The van der Waals surface area contributed by atoms with Crippen molar-refractivity contribution in [2.45, 2.75) is 31.7 Å². The van der Waals surface area contributed by atoms with E-state index in [4.69, 9.17) is 10.5 Å². The van der Waals surface area contributed by atoms with Crippen LogP contribution in [-0.2, 0) is 17.6 Å². The summed E-state index contributed by atoms with van der Waals surface area (Å²) in [6, 6.07) is 6.86. The number of hydrogen-bond acceptors (Lipinski definition) is 4. The molecule has 1 heterocycles. The number of rotatable bonds is 2. The largest absolute Gasteiger partial charge is 0.469 e. The van der Waals surface area contributed by atoms with Gasteiger partial charge in [-0.1, -0.05) is 18.2 Å². The fourth-order valence-electron chi connectivity index (χ4n) is 3.04. The van der Waals surface area contributed by atoms with Crippen molar-refractivity contribution < 1.29 is 4.74 Å². The first-order chi connectivity index (χ1) is 10.8. The molecule has 0 saturated carbocycles. The van der Waals surface area contributed by atoms with Crippen molar-refractivity contribution in [1.29, 1.82) is 0 Å². The Morgan fingerprint density at radius 2 is 2.14 bits per heavy atom. The summed E-state index contributed by atoms with van der Waals surface area (Å²) in [5.41, 5.74) is 10.7. The van der Waals surface area contributed by atoms with Gasteiger partial charge in [-0.15, -0.1) is 0 Å². The molecule has 0 amide bonds. The first-order valence-electron chi connectivity index (χ1n) is 7.51. The molecule has 1 aliphatic carbocycles. The van der Waals surface area contributed by atoms with Crippen LogP contribution >= 0.6 is 0 Å². The van der Waals surface area contributed by atoms with Crippen molar-refractivity contribution in [3.63, 3.8) is 0 Å². The molecule has 2 N–H and O–H groups in total. The Kier molecular flexibility index (Phi) is 4.32. The van der Waals surface area contributed by atoms with E-state index < -0.39 is 0 Å². The highest BCUT2D eigenvalue weighted by Crippen LogP contribution is 2.31. The molecule has 0 aliphatic heterocycles. The minimum atomic E-state index is 0.184. The van der Waals surface area contributed by atoms with Gasteiger partial charge in [-0.2, -0.15) is 0 Å². The Bertz CT molecular complexity index is 670. The quantitative estimate of drug-likeness (QED) is 0.524. The van der Waals surface area contributed by atoms with E-state index >= 15 is 0 Å². The molecule has 0 saturated heterocycles. The highest BCUT2D eigenvalue weighted by molar-refractivity contribution is 5.71. The van der Waals surface area contributed by atoms with Gasteiger partial charge >= 0.3 is 0 Å². The molecule has 1 aliphatic rings. The number of nitrogens with zero attached hydrogens (tertiary/aromatic N) is 3. The van der Waals surface area contributed by atoms with Crippen LogP contribution in [0.5, 0.6) is 0 Å². The molecule has 1 aromatic carbocycles. The Morgan fingerprint density at radius 1 is 1.32 bits per heavy atom. The number of ether oxygens (including phenoxy) is 1. The molecule has 5 nitrogen and oxygen atoms in total. The van der Waals surface area contributed by atoms with Gasteiger partial charge in [0.15, 0.2) is 0 Å². The van der Waals surface area contributed by atoms with Crippen LogP contribution < -0.4 is 5.73 Å². The lowest BCUT2D eigenvalue weighted by Gasteiger charge is -2.13. The van der Waals surface area contributed by atoms with Crippen molar-refractivity contribution in [3.8, 4) is 11.1 Å². The van der Waals surface area contributed by atoms with Gasteiger partial charge in [-0.05, 0) is 42.4 Å². The second-order valence-corrected chi connectivity index (χ2v) is 5.49. The third-order valence-electron chi connectivity index (χ3n) is 4.08. The topological polar surface area (TPSA) is 73.4 Å². The van der Waals surface area contributed by atoms with E-state index in [2.05, 4.69) is 33.2 Å². The summed E-state index contributed by atoms with van der Waals surface area (Å²) in [5.74, 6) is 0. The number of nitrogens with two attached hydrogens (primary N) is 1. The number of aliphatic imine (C=N–C) groups is 1. The van der Waals surface area contributed by atoms with E-state index in [-0.39, 0.29) is 12.1 Å². The minimum Gasteiger partial charge on any atom is -0.469 e. The highest BCUT2D eigenvalue weighted by Gasteiger charge is 2.19. The van der Waals surface area contributed by atoms with Crippen LogP contribution in [0.25, 0.3) is 11.1 Å². The Morgan fingerprint density at radius 3 is 2.91 bits per heavy atom. The van der Waals surface area contributed by atoms with Gasteiger partial charge in [0.05, 0.1) is 13.2 Å². The van der Waals surface area contributed by atoms with Crippen molar-refractivity contribution in [3.05, 3.63) is 48.0 Å². The van der Waals surface area contributed by atoms with Gasteiger partial charge in [-0.3, -0.25) is 0 Å². The molecule has 3 rings (SSSR count). The Labute approximate surface area is 130 Å². The van der Waals surface area contributed by atoms with E-state index in [1.54, 1.807) is 13.4 Å². The molecule has 2 aromatic rings. The second-order valence-electron chi connectivity index (χ2n) is 5.49. The van der Waals surface area contributed by atoms with Crippen molar-refractivity contribution in [2.24, 2.45) is 10.7 Å². The zero-order valence-corrected chi connectivity index (χ0v) is 12.7. The maximum absolute atomic E-state index is 5.71. The zero-order chi connectivity index (χ0) is 15.4. The van der Waals surface area contributed by atoms with Crippen LogP contribution in [0.1, 0.15) is 24.0 Å². The molecule has 1 atom stereocenters. The van der Waals surface area contributed by atoms with E-state index in [1.807, 2.05) is 12.4 Å². The SMILES string of the molecule is COC(N)=NC1CCCc2c(cccc2-c2cncnc2)C1. The smallest absolute Gasteiger partial charge is 0.281 e. The average Bonchev–Trinajstić information content (AvgIpc) is 2.77. The molecular formula is C17H20N4O. The minimum absolute atomic E-state index is 0.184. The lowest BCUT2D eigenvalue weighted by atomic mass is 9.93. The normalized spacial score (nSPS) is 18.4. The lowest BCUT2D eigenvalue weighted by molar-refractivity contribution is 0.388. The number of amidine groups is 1. The zero-order valence-electron chi connectivity index (χ0n) is 12.7. The summed E-state index contributed by atoms with van der Waals surface area (Å²) in [6.07, 6.45) is 9.33. The molecule has 1 aromatic heterocycles. The monoisotopic (exact) mass is 296 g/mol. The lowest BCUT2D eigenvalue weighted by Crippen LogP contribution is -2.19. The molecule has 0 spiro atoms. The van der Waals surface area contributed by atoms with Gasteiger partial charge in [-0.25, -0.2) is 15.0 Å². The third-order valence-corrected chi connectivity index (χ3v) is 4.08. The van der Waals surface area contributed by atoms with Crippen molar-refractivity contribution >= 4 is 6.02 Å². The van der Waals surface area contributed by atoms with Gasteiger partial charge in [0.1, 0.15) is 6.33 Å². The maximum atomic E-state index is 5.71.